The van der Waals surface area contributed by atoms with Gasteiger partial charge < -0.3 is 20.4 Å². The zero-order chi connectivity index (χ0) is 19.5. The molecule has 2 aliphatic rings. The van der Waals surface area contributed by atoms with Crippen molar-refractivity contribution in [1.82, 2.24) is 25.2 Å². The van der Waals surface area contributed by atoms with Gasteiger partial charge in [0, 0.05) is 31.9 Å². The van der Waals surface area contributed by atoms with Crippen molar-refractivity contribution in [3.8, 4) is 0 Å². The van der Waals surface area contributed by atoms with Gasteiger partial charge in [0.2, 0.25) is 0 Å². The Kier molecular flexibility index (Phi) is 5.38. The van der Waals surface area contributed by atoms with Crippen LogP contribution in [0.5, 0.6) is 0 Å². The quantitative estimate of drug-likeness (QED) is 0.508. The number of morpholine rings is 1. The number of aromatic amines is 1. The number of amides is 2. The van der Waals surface area contributed by atoms with E-state index in [1.165, 1.54) is 6.33 Å². The second kappa shape index (κ2) is 8.09. The number of halogens is 1. The van der Waals surface area contributed by atoms with Crippen molar-refractivity contribution in [2.75, 3.05) is 44.7 Å². The van der Waals surface area contributed by atoms with Crippen LogP contribution in [0, 0.1) is 0 Å². The zero-order valence-electron chi connectivity index (χ0n) is 15.0. The Morgan fingerprint density at radius 2 is 2.14 bits per heavy atom. The fraction of sp³-hybridized carbons (Fsp3) is 0.333. The number of ether oxygens (including phenoxy) is 1. The fourth-order valence-electron chi connectivity index (χ4n) is 3.16. The first kappa shape index (κ1) is 18.6. The number of rotatable bonds is 5. The average molecular weight is 403 g/mol. The van der Waals surface area contributed by atoms with Gasteiger partial charge in [-0.05, 0) is 18.2 Å². The van der Waals surface area contributed by atoms with Crippen LogP contribution < -0.4 is 10.6 Å². The molecule has 2 aromatic rings. The van der Waals surface area contributed by atoms with Crippen LogP contribution in [-0.4, -0.2) is 71.1 Å². The summed E-state index contributed by atoms with van der Waals surface area (Å²) in [5.74, 6) is -0.136. The number of carbonyl (C=O) groups is 2. The van der Waals surface area contributed by atoms with E-state index in [2.05, 4.69) is 30.5 Å². The number of fused-ring (bicyclic) bond motifs is 1. The molecule has 2 aromatic heterocycles. The SMILES string of the molecule is O=C1Nc2ncnc(Cl)c2/C1=C/c1ccc(C(=O)NCCN2CCOCC2)[nH]1. The number of hydrogen-bond donors (Lipinski definition) is 3. The maximum atomic E-state index is 12.3. The molecular formula is C18H19ClN6O3. The third kappa shape index (κ3) is 3.91. The highest BCUT2D eigenvalue weighted by atomic mass is 35.5. The lowest BCUT2D eigenvalue weighted by atomic mass is 10.1. The summed E-state index contributed by atoms with van der Waals surface area (Å²) in [6.07, 6.45) is 2.92. The van der Waals surface area contributed by atoms with Gasteiger partial charge in [0.05, 0.1) is 24.4 Å². The topological polar surface area (TPSA) is 112 Å². The Morgan fingerprint density at radius 1 is 1.32 bits per heavy atom. The lowest BCUT2D eigenvalue weighted by Crippen LogP contribution is -2.41. The molecule has 28 heavy (non-hydrogen) atoms. The molecular weight excluding hydrogens is 384 g/mol. The van der Waals surface area contributed by atoms with Crippen LogP contribution in [0.1, 0.15) is 21.7 Å². The highest BCUT2D eigenvalue weighted by molar-refractivity contribution is 6.40. The Hall–Kier alpha value is -2.75. The number of hydrogen-bond acceptors (Lipinski definition) is 6. The van der Waals surface area contributed by atoms with Crippen molar-refractivity contribution in [1.29, 1.82) is 0 Å². The number of H-pyrrole nitrogens is 1. The first-order valence-electron chi connectivity index (χ1n) is 8.93. The molecule has 2 aliphatic heterocycles. The summed E-state index contributed by atoms with van der Waals surface area (Å²) in [5.41, 5.74) is 1.83. The van der Waals surface area contributed by atoms with E-state index in [0.717, 1.165) is 32.8 Å². The lowest BCUT2D eigenvalue weighted by molar-refractivity contribution is -0.110. The molecule has 0 aromatic carbocycles. The number of nitrogens with zero attached hydrogens (tertiary/aromatic N) is 3. The molecule has 0 atom stereocenters. The van der Waals surface area contributed by atoms with Crippen molar-refractivity contribution < 1.29 is 14.3 Å². The van der Waals surface area contributed by atoms with Gasteiger partial charge in [-0.15, -0.1) is 0 Å². The van der Waals surface area contributed by atoms with Gasteiger partial charge in [-0.1, -0.05) is 11.6 Å². The van der Waals surface area contributed by atoms with Crippen LogP contribution in [0.3, 0.4) is 0 Å². The Morgan fingerprint density at radius 3 is 2.96 bits per heavy atom. The van der Waals surface area contributed by atoms with E-state index in [1.54, 1.807) is 18.2 Å². The van der Waals surface area contributed by atoms with Crippen LogP contribution in [0.4, 0.5) is 5.82 Å². The predicted molar refractivity (Wildman–Crippen MR) is 104 cm³/mol. The Labute approximate surface area is 166 Å². The van der Waals surface area contributed by atoms with Crippen LogP contribution in [0.2, 0.25) is 5.15 Å². The largest absolute Gasteiger partial charge is 0.379 e. The van der Waals surface area contributed by atoms with Gasteiger partial charge in [0.1, 0.15) is 23.0 Å². The van der Waals surface area contributed by atoms with E-state index in [4.69, 9.17) is 16.3 Å². The maximum Gasteiger partial charge on any atom is 0.267 e. The second-order valence-electron chi connectivity index (χ2n) is 6.44. The number of carbonyl (C=O) groups excluding carboxylic acids is 2. The lowest BCUT2D eigenvalue weighted by Gasteiger charge is -2.26. The highest BCUT2D eigenvalue weighted by Gasteiger charge is 2.28. The number of nitrogens with one attached hydrogen (secondary N) is 3. The Balaban J connectivity index is 1.41. The summed E-state index contributed by atoms with van der Waals surface area (Å²) in [6.45, 7) is 4.56. The molecule has 0 bridgehead atoms. The van der Waals surface area contributed by atoms with E-state index in [1.807, 2.05) is 0 Å². The summed E-state index contributed by atoms with van der Waals surface area (Å²) < 4.78 is 5.31. The van der Waals surface area contributed by atoms with E-state index in [-0.39, 0.29) is 17.0 Å². The zero-order valence-corrected chi connectivity index (χ0v) is 15.8. The molecule has 9 nitrogen and oxygen atoms in total. The van der Waals surface area contributed by atoms with Crippen molar-refractivity contribution >= 4 is 40.9 Å². The average Bonchev–Trinajstić information content (AvgIpc) is 3.28. The molecule has 1 fully saturated rings. The number of anilines is 1. The summed E-state index contributed by atoms with van der Waals surface area (Å²) in [5, 5.41) is 5.74. The minimum Gasteiger partial charge on any atom is -0.379 e. The summed E-state index contributed by atoms with van der Waals surface area (Å²) in [7, 11) is 0. The molecule has 1 saturated heterocycles. The van der Waals surface area contributed by atoms with E-state index in [9.17, 15) is 9.59 Å². The first-order valence-corrected chi connectivity index (χ1v) is 9.31. The van der Waals surface area contributed by atoms with E-state index >= 15 is 0 Å². The minimum atomic E-state index is -0.316. The predicted octanol–water partition coefficient (Wildman–Crippen LogP) is 1.01. The molecule has 4 rings (SSSR count). The van der Waals surface area contributed by atoms with E-state index in [0.29, 0.717) is 34.9 Å². The molecule has 3 N–H and O–H groups in total. The molecule has 0 saturated carbocycles. The van der Waals surface area contributed by atoms with Gasteiger partial charge in [0.25, 0.3) is 11.8 Å². The molecule has 0 radical (unpaired) electrons. The van der Waals surface area contributed by atoms with Crippen molar-refractivity contribution in [2.24, 2.45) is 0 Å². The van der Waals surface area contributed by atoms with Crippen LogP contribution in [0.25, 0.3) is 11.6 Å². The van der Waals surface area contributed by atoms with Gasteiger partial charge in [-0.2, -0.15) is 0 Å². The third-order valence-corrected chi connectivity index (χ3v) is 4.90. The standard InChI is InChI=1S/C18H19ClN6O3/c19-15-14-12(17(26)24-16(14)22-10-21-15)9-11-1-2-13(23-11)18(27)20-3-4-25-5-7-28-8-6-25/h1-2,9-10,23H,3-8H2,(H,20,27)(H,21,22,24,26)/b12-9-. The second-order valence-corrected chi connectivity index (χ2v) is 6.80. The molecule has 2 amide bonds. The van der Waals surface area contributed by atoms with Crippen LogP contribution in [-0.2, 0) is 9.53 Å². The van der Waals surface area contributed by atoms with Crippen molar-refractivity contribution in [3.05, 3.63) is 40.6 Å². The molecule has 0 aliphatic carbocycles. The van der Waals surface area contributed by atoms with Crippen molar-refractivity contribution in [3.63, 3.8) is 0 Å². The van der Waals surface area contributed by atoms with Gasteiger partial charge >= 0.3 is 0 Å². The molecule has 146 valence electrons. The van der Waals surface area contributed by atoms with Crippen molar-refractivity contribution in [2.45, 2.75) is 0 Å². The fourth-order valence-corrected chi connectivity index (χ4v) is 3.39. The molecule has 10 heteroatoms. The smallest absolute Gasteiger partial charge is 0.267 e. The van der Waals surface area contributed by atoms with Gasteiger partial charge in [-0.3, -0.25) is 14.5 Å². The van der Waals surface area contributed by atoms with Gasteiger partial charge in [-0.25, -0.2) is 9.97 Å². The number of aromatic nitrogens is 3. The summed E-state index contributed by atoms with van der Waals surface area (Å²) in [6, 6.07) is 3.40. The molecule has 4 heterocycles. The molecule has 0 unspecified atom stereocenters. The highest BCUT2D eigenvalue weighted by Crippen LogP contribution is 2.35. The first-order chi connectivity index (χ1) is 13.6. The van der Waals surface area contributed by atoms with Gasteiger partial charge in [0.15, 0.2) is 0 Å². The van der Waals surface area contributed by atoms with Crippen LogP contribution >= 0.6 is 11.6 Å². The van der Waals surface area contributed by atoms with E-state index < -0.39 is 0 Å². The monoisotopic (exact) mass is 402 g/mol. The minimum absolute atomic E-state index is 0.197. The maximum absolute atomic E-state index is 12.3. The Bertz CT molecular complexity index is 935. The third-order valence-electron chi connectivity index (χ3n) is 4.62. The summed E-state index contributed by atoms with van der Waals surface area (Å²) in [4.78, 5) is 37.7. The molecule has 0 spiro atoms. The summed E-state index contributed by atoms with van der Waals surface area (Å²) >= 11 is 6.10. The normalized spacial score (nSPS) is 18.2. The van der Waals surface area contributed by atoms with Crippen LogP contribution in [0.15, 0.2) is 18.5 Å².